The van der Waals surface area contributed by atoms with Crippen LogP contribution in [0.2, 0.25) is 0 Å². The van der Waals surface area contributed by atoms with Gasteiger partial charge in [0.15, 0.2) is 5.16 Å². The van der Waals surface area contributed by atoms with Gasteiger partial charge in [-0.2, -0.15) is 0 Å². The molecule has 0 N–H and O–H groups in total. The van der Waals surface area contributed by atoms with E-state index < -0.39 is 0 Å². The minimum Gasteiger partial charge on any atom is -0.362 e. The van der Waals surface area contributed by atoms with E-state index in [1.165, 1.54) is 0 Å². The molecule has 0 saturated carbocycles. The van der Waals surface area contributed by atoms with E-state index in [9.17, 15) is 4.79 Å². The Kier molecular flexibility index (Phi) is 7.11. The molecule has 0 unspecified atom stereocenters. The highest BCUT2D eigenvalue weighted by molar-refractivity contribution is 7.98. The van der Waals surface area contributed by atoms with Gasteiger partial charge in [0.1, 0.15) is 5.82 Å². The second-order valence-electron chi connectivity index (χ2n) is 7.57. The van der Waals surface area contributed by atoms with Crippen LogP contribution < -0.4 is 4.90 Å². The summed E-state index contributed by atoms with van der Waals surface area (Å²) in [6.45, 7) is 4.65. The normalized spacial score (nSPS) is 10.7. The summed E-state index contributed by atoms with van der Waals surface area (Å²) in [5, 5.41) is 0.768. The molecule has 6 heteroatoms. The molecule has 0 saturated heterocycles. The number of carbonyl (C=O) groups is 1. The summed E-state index contributed by atoms with van der Waals surface area (Å²) in [6, 6.07) is 17.8. The van der Waals surface area contributed by atoms with Gasteiger partial charge in [-0.3, -0.25) is 4.79 Å². The third-order valence-electron chi connectivity index (χ3n) is 4.94. The van der Waals surface area contributed by atoms with Gasteiger partial charge in [-0.1, -0.05) is 54.2 Å². The first kappa shape index (κ1) is 21.8. The monoisotopic (exact) mass is 420 g/mol. The summed E-state index contributed by atoms with van der Waals surface area (Å²) in [7, 11) is 5.82. The molecular weight excluding hydrogens is 392 g/mol. The first-order valence-corrected chi connectivity index (χ1v) is 10.9. The van der Waals surface area contributed by atoms with E-state index in [4.69, 9.17) is 0 Å². The Bertz CT molecular complexity index is 1000. The Labute approximate surface area is 183 Å². The lowest BCUT2D eigenvalue weighted by Gasteiger charge is -2.17. The quantitative estimate of drug-likeness (QED) is 0.409. The fourth-order valence-corrected chi connectivity index (χ4v) is 3.97. The molecule has 1 amide bonds. The van der Waals surface area contributed by atoms with E-state index in [0.29, 0.717) is 12.1 Å². The Morgan fingerprint density at radius 2 is 1.57 bits per heavy atom. The third-order valence-corrected chi connectivity index (χ3v) is 5.86. The van der Waals surface area contributed by atoms with Crippen LogP contribution in [0.3, 0.4) is 0 Å². The number of thioether (sulfide) groups is 1. The number of hydrogen-bond donors (Lipinski definition) is 0. The zero-order valence-corrected chi connectivity index (χ0v) is 19.0. The van der Waals surface area contributed by atoms with E-state index in [1.807, 2.05) is 94.5 Å². The van der Waals surface area contributed by atoms with E-state index in [2.05, 4.69) is 9.97 Å². The molecule has 3 rings (SSSR count). The van der Waals surface area contributed by atoms with Crippen LogP contribution in [0.4, 0.5) is 5.82 Å². The van der Waals surface area contributed by atoms with Gasteiger partial charge in [0.05, 0.1) is 0 Å². The van der Waals surface area contributed by atoms with Crippen molar-refractivity contribution in [2.75, 3.05) is 26.0 Å². The zero-order valence-electron chi connectivity index (χ0n) is 18.2. The SMILES string of the molecule is Cc1nc(SCc2ccc(C(=O)N(C)Cc3ccccc3)cc2)nc(N(C)C)c1C. The Morgan fingerprint density at radius 1 is 0.900 bits per heavy atom. The summed E-state index contributed by atoms with van der Waals surface area (Å²) < 4.78 is 0. The zero-order chi connectivity index (χ0) is 21.7. The van der Waals surface area contributed by atoms with Crippen LogP contribution in [0.15, 0.2) is 59.8 Å². The number of carbonyl (C=O) groups excluding carboxylic acids is 1. The largest absolute Gasteiger partial charge is 0.362 e. The average Bonchev–Trinajstić information content (AvgIpc) is 2.74. The molecule has 0 aliphatic rings. The van der Waals surface area contributed by atoms with Gasteiger partial charge in [-0.05, 0) is 37.1 Å². The molecule has 0 atom stereocenters. The van der Waals surface area contributed by atoms with Crippen molar-refractivity contribution in [2.45, 2.75) is 31.3 Å². The van der Waals surface area contributed by atoms with Gasteiger partial charge in [-0.15, -0.1) is 0 Å². The molecule has 1 aromatic heterocycles. The van der Waals surface area contributed by atoms with Crippen molar-refractivity contribution >= 4 is 23.5 Å². The first-order valence-electron chi connectivity index (χ1n) is 9.89. The maximum atomic E-state index is 12.7. The van der Waals surface area contributed by atoms with Gasteiger partial charge in [0, 0.05) is 50.3 Å². The number of hydrogen-bond acceptors (Lipinski definition) is 5. The number of aryl methyl sites for hydroxylation is 1. The smallest absolute Gasteiger partial charge is 0.253 e. The van der Waals surface area contributed by atoms with Crippen molar-refractivity contribution in [1.82, 2.24) is 14.9 Å². The number of benzene rings is 2. The molecule has 30 heavy (non-hydrogen) atoms. The van der Waals surface area contributed by atoms with Crippen LogP contribution in [0.1, 0.15) is 32.7 Å². The van der Waals surface area contributed by atoms with Crippen LogP contribution in [-0.2, 0) is 12.3 Å². The summed E-state index contributed by atoms with van der Waals surface area (Å²) in [5.74, 6) is 1.72. The second-order valence-corrected chi connectivity index (χ2v) is 8.51. The highest BCUT2D eigenvalue weighted by Gasteiger charge is 2.13. The van der Waals surface area contributed by atoms with Gasteiger partial charge in [0.25, 0.3) is 5.91 Å². The summed E-state index contributed by atoms with van der Waals surface area (Å²) in [4.78, 5) is 25.7. The average molecular weight is 421 g/mol. The highest BCUT2D eigenvalue weighted by Crippen LogP contribution is 2.25. The second kappa shape index (κ2) is 9.76. The fourth-order valence-electron chi connectivity index (χ4n) is 3.13. The topological polar surface area (TPSA) is 49.3 Å². The molecule has 2 aromatic carbocycles. The maximum Gasteiger partial charge on any atom is 0.253 e. The van der Waals surface area contributed by atoms with Gasteiger partial charge < -0.3 is 9.80 Å². The molecule has 0 aliphatic carbocycles. The van der Waals surface area contributed by atoms with Gasteiger partial charge in [0.2, 0.25) is 0 Å². The van der Waals surface area contributed by atoms with Crippen LogP contribution in [-0.4, -0.2) is 41.9 Å². The van der Waals surface area contributed by atoms with Crippen molar-refractivity contribution in [2.24, 2.45) is 0 Å². The van der Waals surface area contributed by atoms with Crippen molar-refractivity contribution in [3.05, 3.63) is 82.5 Å². The van der Waals surface area contributed by atoms with Gasteiger partial charge >= 0.3 is 0 Å². The summed E-state index contributed by atoms with van der Waals surface area (Å²) >= 11 is 1.61. The Morgan fingerprint density at radius 3 is 2.20 bits per heavy atom. The molecule has 0 spiro atoms. The van der Waals surface area contributed by atoms with Crippen LogP contribution in [0, 0.1) is 13.8 Å². The van der Waals surface area contributed by atoms with Crippen molar-refractivity contribution < 1.29 is 4.79 Å². The number of aromatic nitrogens is 2. The predicted octanol–water partition coefficient (Wildman–Crippen LogP) is 4.72. The maximum absolute atomic E-state index is 12.7. The minimum atomic E-state index is 0.0196. The number of anilines is 1. The first-order chi connectivity index (χ1) is 14.3. The van der Waals surface area contributed by atoms with E-state index in [-0.39, 0.29) is 5.91 Å². The van der Waals surface area contributed by atoms with Crippen molar-refractivity contribution in [1.29, 1.82) is 0 Å². The number of nitrogens with zero attached hydrogens (tertiary/aromatic N) is 4. The lowest BCUT2D eigenvalue weighted by molar-refractivity contribution is 0.0785. The molecule has 156 valence electrons. The third kappa shape index (κ3) is 5.39. The summed E-state index contributed by atoms with van der Waals surface area (Å²) in [6.07, 6.45) is 0. The van der Waals surface area contributed by atoms with E-state index in [1.54, 1.807) is 16.7 Å². The van der Waals surface area contributed by atoms with Crippen molar-refractivity contribution in [3.8, 4) is 0 Å². The van der Waals surface area contributed by atoms with E-state index >= 15 is 0 Å². The fraction of sp³-hybridized carbons (Fsp3) is 0.292. The molecule has 0 bridgehead atoms. The number of rotatable bonds is 7. The molecule has 0 fully saturated rings. The highest BCUT2D eigenvalue weighted by atomic mass is 32.2. The van der Waals surface area contributed by atoms with Crippen LogP contribution in [0.25, 0.3) is 0 Å². The Balaban J connectivity index is 1.63. The van der Waals surface area contributed by atoms with Crippen LogP contribution in [0.5, 0.6) is 0 Å². The van der Waals surface area contributed by atoms with Crippen LogP contribution >= 0.6 is 11.8 Å². The van der Waals surface area contributed by atoms with E-state index in [0.717, 1.165) is 39.1 Å². The number of amides is 1. The lowest BCUT2D eigenvalue weighted by atomic mass is 10.1. The standard InChI is InChI=1S/C24H28N4OS/c1-17-18(2)25-24(26-22(17)27(3)4)30-16-20-11-13-21(14-12-20)23(29)28(5)15-19-9-7-6-8-10-19/h6-14H,15-16H2,1-5H3. The lowest BCUT2D eigenvalue weighted by Crippen LogP contribution is -2.26. The molecule has 1 heterocycles. The van der Waals surface area contributed by atoms with Crippen molar-refractivity contribution in [3.63, 3.8) is 0 Å². The van der Waals surface area contributed by atoms with Gasteiger partial charge in [-0.25, -0.2) is 9.97 Å². The Hall–Kier alpha value is -2.86. The predicted molar refractivity (Wildman–Crippen MR) is 124 cm³/mol. The summed E-state index contributed by atoms with van der Waals surface area (Å²) in [5.41, 5.74) is 5.05. The minimum absolute atomic E-state index is 0.0196. The molecule has 3 aromatic rings. The molecule has 5 nitrogen and oxygen atoms in total. The molecule has 0 radical (unpaired) electrons. The molecule has 0 aliphatic heterocycles. The molecular formula is C24H28N4OS.